The highest BCUT2D eigenvalue weighted by atomic mass is 32.2. The predicted octanol–water partition coefficient (Wildman–Crippen LogP) is 4.62. The predicted molar refractivity (Wildman–Crippen MR) is 105 cm³/mol. The minimum Gasteiger partial charge on any atom is -0.497 e. The van der Waals surface area contributed by atoms with E-state index in [4.69, 9.17) is 9.94 Å². The molecule has 0 radical (unpaired) electrons. The molecule has 1 aliphatic heterocycles. The van der Waals surface area contributed by atoms with Gasteiger partial charge in [0.05, 0.1) is 18.5 Å². The fraction of sp³-hybridized carbons (Fsp3) is 0.0952. The smallest absolute Gasteiger partial charge is 0.274 e. The Bertz CT molecular complexity index is 989. The van der Waals surface area contributed by atoms with Crippen LogP contribution in [0.15, 0.2) is 76.5 Å². The first-order valence-corrected chi connectivity index (χ1v) is 9.27. The largest absolute Gasteiger partial charge is 0.497 e. The highest BCUT2D eigenvalue weighted by Crippen LogP contribution is 2.49. The van der Waals surface area contributed by atoms with Crippen molar-refractivity contribution in [2.24, 2.45) is 0 Å². The van der Waals surface area contributed by atoms with Gasteiger partial charge >= 0.3 is 0 Å². The molecule has 1 heterocycles. The number of anilines is 2. The van der Waals surface area contributed by atoms with E-state index in [9.17, 15) is 4.79 Å². The number of carbonyl (C=O) groups is 1. The summed E-state index contributed by atoms with van der Waals surface area (Å²) in [5.41, 5.74) is 5.36. The lowest BCUT2D eigenvalue weighted by Gasteiger charge is -2.33. The molecular weight excluding hydrogens is 360 g/mol. The zero-order valence-corrected chi connectivity index (χ0v) is 15.5. The first kappa shape index (κ1) is 17.5. The number of methoxy groups -OCH3 is 1. The van der Waals surface area contributed by atoms with Crippen LogP contribution in [-0.2, 0) is 6.54 Å². The minimum atomic E-state index is -0.517. The molecule has 27 heavy (non-hydrogen) atoms. The van der Waals surface area contributed by atoms with Crippen LogP contribution < -0.4 is 15.1 Å². The monoisotopic (exact) mass is 378 g/mol. The summed E-state index contributed by atoms with van der Waals surface area (Å²) in [4.78, 5) is 16.2. The molecular formula is C21H18N2O3S. The number of hydrogen-bond donors (Lipinski definition) is 2. The summed E-state index contributed by atoms with van der Waals surface area (Å²) in [6.45, 7) is 0.652. The summed E-state index contributed by atoms with van der Waals surface area (Å²) in [6.07, 6.45) is 0. The van der Waals surface area contributed by atoms with Gasteiger partial charge in [-0.3, -0.25) is 10.0 Å². The number of hydrogen-bond acceptors (Lipinski definition) is 5. The number of benzene rings is 3. The number of ether oxygens (including phenoxy) is 1. The van der Waals surface area contributed by atoms with Gasteiger partial charge in [0.25, 0.3) is 5.91 Å². The van der Waals surface area contributed by atoms with Gasteiger partial charge in [-0.1, -0.05) is 36.0 Å². The molecule has 3 aromatic rings. The summed E-state index contributed by atoms with van der Waals surface area (Å²) in [5.74, 6) is 0.296. The molecule has 1 aliphatic rings. The van der Waals surface area contributed by atoms with Gasteiger partial charge in [-0.15, -0.1) is 0 Å². The third kappa shape index (κ3) is 3.37. The number of hydroxylamine groups is 1. The molecule has 0 spiro atoms. The van der Waals surface area contributed by atoms with Crippen molar-refractivity contribution in [3.05, 3.63) is 77.9 Å². The van der Waals surface area contributed by atoms with Crippen LogP contribution in [0.1, 0.15) is 15.9 Å². The lowest BCUT2D eigenvalue weighted by molar-refractivity contribution is 0.0706. The number of rotatable bonds is 4. The van der Waals surface area contributed by atoms with E-state index in [1.54, 1.807) is 36.5 Å². The SMILES string of the molecule is COc1ccc2c(c1)N(Cc1ccc(C(=O)NO)cc1)c1ccccc1S2. The van der Waals surface area contributed by atoms with Crippen LogP contribution in [0.4, 0.5) is 11.4 Å². The zero-order chi connectivity index (χ0) is 18.8. The normalized spacial score (nSPS) is 12.1. The highest BCUT2D eigenvalue weighted by molar-refractivity contribution is 7.99. The molecule has 0 aliphatic carbocycles. The van der Waals surface area contributed by atoms with Crippen LogP contribution in [0.3, 0.4) is 0 Å². The zero-order valence-electron chi connectivity index (χ0n) is 14.7. The quantitative estimate of drug-likeness (QED) is 0.512. The van der Waals surface area contributed by atoms with Gasteiger partial charge in [-0.2, -0.15) is 0 Å². The first-order chi connectivity index (χ1) is 13.2. The van der Waals surface area contributed by atoms with E-state index >= 15 is 0 Å². The minimum absolute atomic E-state index is 0.415. The van der Waals surface area contributed by atoms with Crippen molar-refractivity contribution >= 4 is 29.0 Å². The molecule has 5 nitrogen and oxygen atoms in total. The van der Waals surface area contributed by atoms with Crippen molar-refractivity contribution in [3.63, 3.8) is 0 Å². The number of para-hydroxylation sites is 1. The lowest BCUT2D eigenvalue weighted by atomic mass is 10.1. The fourth-order valence-corrected chi connectivity index (χ4v) is 4.19. The topological polar surface area (TPSA) is 61.8 Å². The Morgan fingerprint density at radius 3 is 2.52 bits per heavy atom. The van der Waals surface area contributed by atoms with E-state index in [1.165, 1.54) is 9.79 Å². The molecule has 0 unspecified atom stereocenters. The second kappa shape index (κ2) is 7.34. The van der Waals surface area contributed by atoms with E-state index in [2.05, 4.69) is 23.1 Å². The average molecular weight is 378 g/mol. The van der Waals surface area contributed by atoms with Crippen molar-refractivity contribution in [2.45, 2.75) is 16.3 Å². The Morgan fingerprint density at radius 2 is 1.78 bits per heavy atom. The van der Waals surface area contributed by atoms with Crippen LogP contribution in [-0.4, -0.2) is 18.2 Å². The third-order valence-corrected chi connectivity index (χ3v) is 5.62. The molecule has 0 saturated heterocycles. The van der Waals surface area contributed by atoms with Gasteiger partial charge in [0.2, 0.25) is 0 Å². The Morgan fingerprint density at radius 1 is 1.04 bits per heavy atom. The van der Waals surface area contributed by atoms with Gasteiger partial charge < -0.3 is 9.64 Å². The van der Waals surface area contributed by atoms with Crippen LogP contribution in [0, 0.1) is 0 Å². The molecule has 136 valence electrons. The summed E-state index contributed by atoms with van der Waals surface area (Å²) in [6, 6.07) is 21.6. The number of amides is 1. The van der Waals surface area contributed by atoms with Crippen molar-refractivity contribution in [1.29, 1.82) is 0 Å². The molecule has 6 heteroatoms. The molecule has 0 aromatic heterocycles. The van der Waals surface area contributed by atoms with E-state index in [0.717, 1.165) is 22.7 Å². The second-order valence-corrected chi connectivity index (χ2v) is 7.21. The van der Waals surface area contributed by atoms with E-state index in [0.29, 0.717) is 12.1 Å². The first-order valence-electron chi connectivity index (χ1n) is 8.45. The van der Waals surface area contributed by atoms with E-state index in [1.807, 2.05) is 36.4 Å². The van der Waals surface area contributed by atoms with Crippen molar-refractivity contribution in [1.82, 2.24) is 5.48 Å². The highest BCUT2D eigenvalue weighted by Gasteiger charge is 2.24. The third-order valence-electron chi connectivity index (χ3n) is 4.49. The molecule has 0 atom stereocenters. The summed E-state index contributed by atoms with van der Waals surface area (Å²) >= 11 is 1.75. The van der Waals surface area contributed by atoms with Gasteiger partial charge in [0.15, 0.2) is 0 Å². The van der Waals surface area contributed by atoms with E-state index < -0.39 is 5.91 Å². The summed E-state index contributed by atoms with van der Waals surface area (Å²) in [5, 5.41) is 8.76. The Kier molecular flexibility index (Phi) is 4.75. The number of fused-ring (bicyclic) bond motifs is 2. The second-order valence-electron chi connectivity index (χ2n) is 6.13. The van der Waals surface area contributed by atoms with Gasteiger partial charge in [-0.25, -0.2) is 5.48 Å². The summed E-state index contributed by atoms with van der Waals surface area (Å²) < 4.78 is 5.42. The molecule has 3 aromatic carbocycles. The number of nitrogens with one attached hydrogen (secondary N) is 1. The van der Waals surface area contributed by atoms with Crippen LogP contribution >= 0.6 is 11.8 Å². The number of carbonyl (C=O) groups excluding carboxylic acids is 1. The standard InChI is InChI=1S/C21H18N2O3S/c1-26-16-10-11-20-18(12-16)23(17-4-2-3-5-19(17)27-20)13-14-6-8-15(9-7-14)21(24)22-25/h2-12,25H,13H2,1H3,(H,22,24). The van der Waals surface area contributed by atoms with Gasteiger partial charge in [-0.05, 0) is 42.0 Å². The molecule has 1 amide bonds. The van der Waals surface area contributed by atoms with Gasteiger partial charge in [0.1, 0.15) is 5.75 Å². The Labute approximate surface area is 161 Å². The lowest BCUT2D eigenvalue weighted by Crippen LogP contribution is -2.21. The molecule has 0 saturated carbocycles. The summed E-state index contributed by atoms with van der Waals surface area (Å²) in [7, 11) is 1.67. The Hall–Kier alpha value is -2.96. The van der Waals surface area contributed by atoms with Crippen molar-refractivity contribution in [3.8, 4) is 5.75 Å². The molecule has 2 N–H and O–H groups in total. The Balaban J connectivity index is 1.72. The maximum absolute atomic E-state index is 11.5. The molecule has 0 bridgehead atoms. The maximum Gasteiger partial charge on any atom is 0.274 e. The van der Waals surface area contributed by atoms with Crippen LogP contribution in [0.25, 0.3) is 0 Å². The molecule has 0 fully saturated rings. The molecule has 4 rings (SSSR count). The number of nitrogens with zero attached hydrogens (tertiary/aromatic N) is 1. The van der Waals surface area contributed by atoms with Crippen molar-refractivity contribution < 1.29 is 14.7 Å². The van der Waals surface area contributed by atoms with Crippen LogP contribution in [0.2, 0.25) is 0 Å². The van der Waals surface area contributed by atoms with E-state index in [-0.39, 0.29) is 0 Å². The fourth-order valence-electron chi connectivity index (χ4n) is 3.12. The van der Waals surface area contributed by atoms with Crippen molar-refractivity contribution in [2.75, 3.05) is 12.0 Å². The van der Waals surface area contributed by atoms with Gasteiger partial charge in [0, 0.05) is 28.0 Å². The van der Waals surface area contributed by atoms with Crippen LogP contribution in [0.5, 0.6) is 5.75 Å². The maximum atomic E-state index is 11.5. The average Bonchev–Trinajstić information content (AvgIpc) is 2.73.